The van der Waals surface area contributed by atoms with Crippen molar-refractivity contribution in [2.75, 3.05) is 20.3 Å². The molecule has 108 valence electrons. The van der Waals surface area contributed by atoms with E-state index in [0.29, 0.717) is 31.4 Å². The van der Waals surface area contributed by atoms with Gasteiger partial charge >= 0.3 is 6.03 Å². The van der Waals surface area contributed by atoms with E-state index in [4.69, 9.17) is 9.26 Å². The quantitative estimate of drug-likeness (QED) is 0.808. The molecular weight excluding hydrogens is 248 g/mol. The molecule has 1 rings (SSSR count). The highest BCUT2D eigenvalue weighted by molar-refractivity contribution is 5.74. The van der Waals surface area contributed by atoms with Gasteiger partial charge in [0.1, 0.15) is 0 Å². The number of carbonyl (C=O) groups is 1. The van der Waals surface area contributed by atoms with Gasteiger partial charge in [-0.15, -0.1) is 0 Å². The van der Waals surface area contributed by atoms with E-state index in [1.165, 1.54) is 0 Å². The number of ether oxygens (including phenoxy) is 1. The first-order valence-corrected chi connectivity index (χ1v) is 6.44. The molecule has 7 nitrogen and oxygen atoms in total. The Kier molecular flexibility index (Phi) is 6.27. The van der Waals surface area contributed by atoms with Gasteiger partial charge in [0.05, 0.1) is 19.2 Å². The van der Waals surface area contributed by atoms with E-state index in [9.17, 15) is 4.79 Å². The normalized spacial score (nSPS) is 12.2. The third kappa shape index (κ3) is 4.86. The van der Waals surface area contributed by atoms with Gasteiger partial charge in [0.15, 0.2) is 5.82 Å². The van der Waals surface area contributed by atoms with Crippen LogP contribution in [0.3, 0.4) is 0 Å². The zero-order valence-electron chi connectivity index (χ0n) is 12.0. The number of rotatable bonds is 7. The first-order chi connectivity index (χ1) is 9.10. The average Bonchev–Trinajstić information content (AvgIpc) is 2.80. The topological polar surface area (TPSA) is 80.5 Å². The highest BCUT2D eigenvalue weighted by atomic mass is 16.5. The van der Waals surface area contributed by atoms with Gasteiger partial charge in [-0.25, -0.2) is 4.79 Å². The van der Waals surface area contributed by atoms with Crippen molar-refractivity contribution < 1.29 is 14.1 Å². The van der Waals surface area contributed by atoms with Crippen LogP contribution in [0.2, 0.25) is 0 Å². The third-order valence-corrected chi connectivity index (χ3v) is 2.76. The largest absolute Gasteiger partial charge is 0.383 e. The summed E-state index contributed by atoms with van der Waals surface area (Å²) in [6, 6.07) is -0.132. The molecule has 0 radical (unpaired) electrons. The summed E-state index contributed by atoms with van der Waals surface area (Å²) in [6.45, 7) is 7.04. The smallest absolute Gasteiger partial charge is 0.318 e. The van der Waals surface area contributed by atoms with Crippen LogP contribution in [-0.2, 0) is 11.3 Å². The fraction of sp³-hybridized carbons (Fsp3) is 0.750. The Morgan fingerprint density at radius 2 is 2.26 bits per heavy atom. The minimum absolute atomic E-state index is 0.0126. The monoisotopic (exact) mass is 270 g/mol. The number of carbonyl (C=O) groups excluding carboxylic acids is 1. The third-order valence-electron chi connectivity index (χ3n) is 2.76. The zero-order valence-corrected chi connectivity index (χ0v) is 12.0. The maximum absolute atomic E-state index is 12.1. The number of urea groups is 1. The van der Waals surface area contributed by atoms with Crippen molar-refractivity contribution >= 4 is 6.03 Å². The lowest BCUT2D eigenvalue weighted by Crippen LogP contribution is -2.46. The molecule has 0 bridgehead atoms. The molecule has 1 unspecified atom stereocenters. The molecule has 1 N–H and O–H groups in total. The standard InChI is InChI=1S/C12H22N4O3/c1-5-10(8-18-4)14-12(17)16(6-2)7-11-13-9(3)19-15-11/h10H,5-8H2,1-4H3,(H,14,17). The van der Waals surface area contributed by atoms with Crippen molar-refractivity contribution in [3.8, 4) is 0 Å². The first-order valence-electron chi connectivity index (χ1n) is 6.44. The van der Waals surface area contributed by atoms with Gasteiger partial charge < -0.3 is 19.5 Å². The number of amides is 2. The van der Waals surface area contributed by atoms with Crippen LogP contribution in [0.5, 0.6) is 0 Å². The molecule has 2 amide bonds. The zero-order chi connectivity index (χ0) is 14.3. The Balaban J connectivity index is 2.56. The van der Waals surface area contributed by atoms with E-state index in [0.717, 1.165) is 6.42 Å². The number of hydrogen-bond acceptors (Lipinski definition) is 5. The maximum atomic E-state index is 12.1. The minimum Gasteiger partial charge on any atom is -0.383 e. The van der Waals surface area contributed by atoms with E-state index in [1.54, 1.807) is 18.9 Å². The number of hydrogen-bond donors (Lipinski definition) is 1. The fourth-order valence-corrected chi connectivity index (χ4v) is 1.63. The minimum atomic E-state index is -0.145. The summed E-state index contributed by atoms with van der Waals surface area (Å²) in [5.41, 5.74) is 0. The van der Waals surface area contributed by atoms with Crippen LogP contribution in [0.25, 0.3) is 0 Å². The molecular formula is C12H22N4O3. The molecule has 0 aliphatic rings. The maximum Gasteiger partial charge on any atom is 0.318 e. The van der Waals surface area contributed by atoms with E-state index >= 15 is 0 Å². The first kappa shape index (κ1) is 15.4. The second-order valence-electron chi connectivity index (χ2n) is 4.25. The summed E-state index contributed by atoms with van der Waals surface area (Å²) in [5, 5.41) is 6.71. The summed E-state index contributed by atoms with van der Waals surface area (Å²) in [6.07, 6.45) is 0.818. The van der Waals surface area contributed by atoms with Crippen LogP contribution in [-0.4, -0.2) is 47.4 Å². The van der Waals surface area contributed by atoms with E-state index in [1.807, 2.05) is 13.8 Å². The van der Waals surface area contributed by atoms with E-state index in [2.05, 4.69) is 15.5 Å². The summed E-state index contributed by atoms with van der Waals surface area (Å²) in [4.78, 5) is 17.8. The lowest BCUT2D eigenvalue weighted by Gasteiger charge is -2.23. The predicted molar refractivity (Wildman–Crippen MR) is 69.6 cm³/mol. The second-order valence-corrected chi connectivity index (χ2v) is 4.25. The van der Waals surface area contributed by atoms with Gasteiger partial charge in [-0.2, -0.15) is 4.98 Å². The van der Waals surface area contributed by atoms with Gasteiger partial charge in [0.25, 0.3) is 0 Å². The molecule has 0 aliphatic carbocycles. The summed E-state index contributed by atoms with van der Waals surface area (Å²) < 4.78 is 9.95. The van der Waals surface area contributed by atoms with Gasteiger partial charge in [-0.1, -0.05) is 12.1 Å². The molecule has 0 aliphatic heterocycles. The van der Waals surface area contributed by atoms with Crippen LogP contribution in [0, 0.1) is 6.92 Å². The molecule has 0 saturated heterocycles. The van der Waals surface area contributed by atoms with Crippen molar-refractivity contribution in [1.29, 1.82) is 0 Å². The highest BCUT2D eigenvalue weighted by Crippen LogP contribution is 2.02. The molecule has 19 heavy (non-hydrogen) atoms. The molecule has 7 heteroatoms. The van der Waals surface area contributed by atoms with E-state index in [-0.39, 0.29) is 12.1 Å². The fourth-order valence-electron chi connectivity index (χ4n) is 1.63. The number of methoxy groups -OCH3 is 1. The summed E-state index contributed by atoms with van der Waals surface area (Å²) >= 11 is 0. The van der Waals surface area contributed by atoms with Crippen LogP contribution in [0.4, 0.5) is 4.79 Å². The number of aryl methyl sites for hydroxylation is 1. The average molecular weight is 270 g/mol. The Labute approximate surface area is 113 Å². The molecule has 0 fully saturated rings. The van der Waals surface area contributed by atoms with Crippen molar-refractivity contribution in [3.63, 3.8) is 0 Å². The molecule has 1 heterocycles. The van der Waals surface area contributed by atoms with Crippen molar-refractivity contribution in [2.45, 2.75) is 39.8 Å². The summed E-state index contributed by atoms with van der Waals surface area (Å²) in [5.74, 6) is 1.01. The number of nitrogens with zero attached hydrogens (tertiary/aromatic N) is 3. The Bertz CT molecular complexity index is 394. The number of aromatic nitrogens is 2. The molecule has 0 saturated carbocycles. The van der Waals surface area contributed by atoms with Gasteiger partial charge in [-0.3, -0.25) is 0 Å². The van der Waals surface area contributed by atoms with Gasteiger partial charge in [-0.05, 0) is 13.3 Å². The van der Waals surface area contributed by atoms with E-state index < -0.39 is 0 Å². The molecule has 1 aromatic rings. The Hall–Kier alpha value is -1.63. The lowest BCUT2D eigenvalue weighted by molar-refractivity contribution is 0.152. The Morgan fingerprint density at radius 3 is 2.74 bits per heavy atom. The van der Waals surface area contributed by atoms with Crippen LogP contribution >= 0.6 is 0 Å². The lowest BCUT2D eigenvalue weighted by atomic mass is 10.2. The second kappa shape index (κ2) is 7.73. The molecule has 1 aromatic heterocycles. The van der Waals surface area contributed by atoms with Gasteiger partial charge in [0, 0.05) is 20.6 Å². The SMILES string of the molecule is CCC(COC)NC(=O)N(CC)Cc1noc(C)n1. The molecule has 0 spiro atoms. The molecule has 1 atom stereocenters. The van der Waals surface area contributed by atoms with Gasteiger partial charge in [0.2, 0.25) is 5.89 Å². The van der Waals surface area contributed by atoms with Crippen molar-refractivity contribution in [1.82, 2.24) is 20.4 Å². The predicted octanol–water partition coefficient (Wildman–Crippen LogP) is 1.33. The van der Waals surface area contributed by atoms with Crippen LogP contribution < -0.4 is 5.32 Å². The number of nitrogens with one attached hydrogen (secondary N) is 1. The highest BCUT2D eigenvalue weighted by Gasteiger charge is 2.17. The van der Waals surface area contributed by atoms with Crippen molar-refractivity contribution in [2.24, 2.45) is 0 Å². The molecule has 0 aromatic carbocycles. The summed E-state index contributed by atoms with van der Waals surface area (Å²) in [7, 11) is 1.62. The van der Waals surface area contributed by atoms with Crippen LogP contribution in [0.15, 0.2) is 4.52 Å². The van der Waals surface area contributed by atoms with Crippen LogP contribution in [0.1, 0.15) is 32.0 Å². The van der Waals surface area contributed by atoms with Crippen molar-refractivity contribution in [3.05, 3.63) is 11.7 Å². The Morgan fingerprint density at radius 1 is 1.53 bits per heavy atom.